The summed E-state index contributed by atoms with van der Waals surface area (Å²) in [5.41, 5.74) is 0. The van der Waals surface area contributed by atoms with Crippen LogP contribution in [0.4, 0.5) is 0 Å². The van der Waals surface area contributed by atoms with Crippen LogP contribution in [0.15, 0.2) is 0 Å². The van der Waals surface area contributed by atoms with Gasteiger partial charge in [0.15, 0.2) is 0 Å². The van der Waals surface area contributed by atoms with Gasteiger partial charge < -0.3 is 56.6 Å². The van der Waals surface area contributed by atoms with Crippen molar-refractivity contribution in [1.82, 2.24) is 0 Å². The Balaban J connectivity index is -0.000000228. The predicted molar refractivity (Wildman–Crippen MR) is 222 cm³/mol. The summed E-state index contributed by atoms with van der Waals surface area (Å²) < 4.78 is 43.0. The van der Waals surface area contributed by atoms with Gasteiger partial charge in [0.2, 0.25) is 0 Å². The minimum Gasteiger partial charge on any atom is -0.790 e. The van der Waals surface area contributed by atoms with Crippen LogP contribution in [0.25, 0.3) is 0 Å². The van der Waals surface area contributed by atoms with Crippen LogP contribution in [0, 0.1) is 0 Å². The molecule has 0 spiro atoms. The van der Waals surface area contributed by atoms with E-state index >= 15 is 0 Å². The quantitative estimate of drug-likeness (QED) is 0.0322. The Morgan fingerprint density at radius 1 is 0.268 bits per heavy atom. The molecule has 0 radical (unpaired) electrons. The number of phosphoric acid groups is 3. The molecule has 0 aromatic rings. The second-order valence-electron chi connectivity index (χ2n) is 14.4. The predicted octanol–water partition coefficient (Wildman–Crippen LogP) is 8.67. The maximum Gasteiger partial charge on any atom is 3.00 e. The van der Waals surface area contributed by atoms with Crippen LogP contribution < -0.4 is 29.4 Å². The first-order valence-corrected chi connectivity index (χ1v) is 26.1. The van der Waals surface area contributed by atoms with E-state index in [1.807, 2.05) is 0 Å². The number of hydrogen-bond acceptors (Lipinski definition) is 12. The monoisotopic (exact) mass is 888 g/mol. The Hall–Kier alpha value is 1.39. The third-order valence-corrected chi connectivity index (χ3v) is 10.5. The summed E-state index contributed by atoms with van der Waals surface area (Å²) >= 11 is 0. The molecule has 0 saturated heterocycles. The van der Waals surface area contributed by atoms with Crippen molar-refractivity contribution in [1.29, 1.82) is 0 Å². The fourth-order valence-corrected chi connectivity index (χ4v) is 6.89. The molecular formula is C39H81Al2O12P3. The van der Waals surface area contributed by atoms with Crippen LogP contribution in [-0.4, -0.2) is 54.5 Å². The Labute approximate surface area is 365 Å². The summed E-state index contributed by atoms with van der Waals surface area (Å²) in [6.45, 7) is 6.80. The van der Waals surface area contributed by atoms with E-state index in [0.717, 1.165) is 38.5 Å². The molecule has 12 nitrogen and oxygen atoms in total. The Kier molecular flexibility index (Phi) is 60.3. The maximum absolute atomic E-state index is 10.2. The van der Waals surface area contributed by atoms with Crippen LogP contribution in [0.2, 0.25) is 0 Å². The van der Waals surface area contributed by atoms with Crippen molar-refractivity contribution in [2.75, 3.05) is 19.8 Å². The molecule has 0 rings (SSSR count). The van der Waals surface area contributed by atoms with E-state index in [9.17, 15) is 43.1 Å². The Morgan fingerprint density at radius 3 is 0.518 bits per heavy atom. The van der Waals surface area contributed by atoms with E-state index in [4.69, 9.17) is 0 Å². The molecule has 0 aliphatic rings. The molecule has 0 N–H and O–H groups in total. The van der Waals surface area contributed by atoms with Gasteiger partial charge >= 0.3 is 34.7 Å². The molecule has 0 saturated carbocycles. The van der Waals surface area contributed by atoms with Gasteiger partial charge in [-0.25, -0.2) is 0 Å². The third kappa shape index (κ3) is 76.1. The normalized spacial score (nSPS) is 11.5. The van der Waals surface area contributed by atoms with Crippen molar-refractivity contribution in [3.63, 3.8) is 0 Å². The van der Waals surface area contributed by atoms with Crippen molar-refractivity contribution in [2.24, 2.45) is 0 Å². The average Bonchev–Trinajstić information content (AvgIpc) is 3.09. The zero-order chi connectivity index (χ0) is 41.1. The first-order valence-electron chi connectivity index (χ1n) is 21.7. The molecule has 330 valence electrons. The standard InChI is InChI=1S/3C13H29O4P.2Al/c3*1-2-3-4-5-6-7-8-9-10-11-12-13-17-18(14,15)16;;/h3*2-13H2,1H3,(H2,14,15,16);;/q;;;2*+3/p-6. The largest absolute Gasteiger partial charge is 3.00 e. The molecule has 0 atom stereocenters. The number of rotatable bonds is 39. The number of hydrogen-bond donors (Lipinski definition) is 0. The van der Waals surface area contributed by atoms with Gasteiger partial charge in [0.25, 0.3) is 0 Å². The molecule has 0 heterocycles. The van der Waals surface area contributed by atoms with Gasteiger partial charge in [-0.3, -0.25) is 0 Å². The van der Waals surface area contributed by atoms with Crippen molar-refractivity contribution in [3.8, 4) is 0 Å². The van der Waals surface area contributed by atoms with Crippen molar-refractivity contribution >= 4 is 58.2 Å². The number of unbranched alkanes of at least 4 members (excludes halogenated alkanes) is 30. The van der Waals surface area contributed by atoms with E-state index in [-0.39, 0.29) is 54.5 Å². The van der Waals surface area contributed by atoms with Crippen LogP contribution in [-0.2, 0) is 27.3 Å². The van der Waals surface area contributed by atoms with E-state index in [1.54, 1.807) is 0 Å². The molecule has 0 aliphatic carbocycles. The van der Waals surface area contributed by atoms with Crippen molar-refractivity contribution in [2.45, 2.75) is 233 Å². The van der Waals surface area contributed by atoms with E-state index in [0.29, 0.717) is 19.3 Å². The molecule has 0 unspecified atom stereocenters. The van der Waals surface area contributed by atoms with Crippen LogP contribution in [0.5, 0.6) is 0 Å². The Bertz CT molecular complexity index is 767. The summed E-state index contributed by atoms with van der Waals surface area (Å²) in [6, 6.07) is 0. The van der Waals surface area contributed by atoms with E-state index in [2.05, 4.69) is 34.3 Å². The molecule has 0 aromatic heterocycles. The van der Waals surface area contributed by atoms with Gasteiger partial charge in [-0.2, -0.15) is 0 Å². The molecule has 56 heavy (non-hydrogen) atoms. The van der Waals surface area contributed by atoms with Gasteiger partial charge in [-0.15, -0.1) is 0 Å². The summed E-state index contributed by atoms with van der Waals surface area (Å²) in [5, 5.41) is 0. The summed E-state index contributed by atoms with van der Waals surface area (Å²) in [6.07, 6.45) is 39.4. The number of phosphoric ester groups is 3. The molecule has 0 aliphatic heterocycles. The minimum atomic E-state index is -4.75. The van der Waals surface area contributed by atoms with Gasteiger partial charge in [0, 0.05) is 0 Å². The molecule has 0 amide bonds. The SMILES string of the molecule is CCCCCCCCCCCCCOP(=O)([O-])[O-].CCCCCCCCCCCCCOP(=O)([O-])[O-].CCCCCCCCCCCCCOP(=O)([O-])[O-].[Al+3].[Al+3]. The van der Waals surface area contributed by atoms with Crippen LogP contribution in [0.1, 0.15) is 233 Å². The van der Waals surface area contributed by atoms with Crippen molar-refractivity contribution < 1.29 is 56.6 Å². The maximum atomic E-state index is 10.2. The first kappa shape index (κ1) is 66.5. The zero-order valence-corrected chi connectivity index (χ0v) is 40.8. The van der Waals surface area contributed by atoms with Gasteiger partial charge in [-0.05, 0) is 19.3 Å². The summed E-state index contributed by atoms with van der Waals surface area (Å²) in [4.78, 5) is 61.0. The minimum absolute atomic E-state index is 0. The van der Waals surface area contributed by atoms with Crippen LogP contribution >= 0.6 is 23.5 Å². The fourth-order valence-electron chi connectivity index (χ4n) is 5.83. The van der Waals surface area contributed by atoms with E-state index in [1.165, 1.54) is 154 Å². The van der Waals surface area contributed by atoms with Gasteiger partial charge in [0.05, 0.1) is 43.3 Å². The summed E-state index contributed by atoms with van der Waals surface area (Å²) in [7, 11) is -14.2. The molecule has 0 bridgehead atoms. The molecule has 0 aromatic carbocycles. The third-order valence-electron chi connectivity index (χ3n) is 8.99. The topological polar surface area (TPSA) is 217 Å². The van der Waals surface area contributed by atoms with Crippen LogP contribution in [0.3, 0.4) is 0 Å². The molecular weight excluding hydrogens is 807 g/mol. The van der Waals surface area contributed by atoms with E-state index < -0.39 is 23.5 Å². The molecule has 17 heteroatoms. The average molecular weight is 889 g/mol. The smallest absolute Gasteiger partial charge is 0.790 e. The summed E-state index contributed by atoms with van der Waals surface area (Å²) in [5.74, 6) is 0. The second kappa shape index (κ2) is 50.7. The molecule has 0 fully saturated rings. The second-order valence-corrected chi connectivity index (χ2v) is 17.9. The van der Waals surface area contributed by atoms with Crippen molar-refractivity contribution in [3.05, 3.63) is 0 Å². The van der Waals surface area contributed by atoms with Gasteiger partial charge in [0.1, 0.15) is 0 Å². The fraction of sp³-hybridized carbons (Fsp3) is 1.00. The first-order chi connectivity index (χ1) is 25.7. The Morgan fingerprint density at radius 2 is 0.393 bits per heavy atom. The zero-order valence-electron chi connectivity index (χ0n) is 35.9. The van der Waals surface area contributed by atoms with Gasteiger partial charge in [-0.1, -0.05) is 213 Å².